The van der Waals surface area contributed by atoms with Gasteiger partial charge >= 0.3 is 0 Å². The van der Waals surface area contributed by atoms with E-state index in [4.69, 9.17) is 0 Å². The molecule has 90 valence electrons. The molecular weight excluding hydrogens is 182 g/mol. The SMILES string of the molecule is C=C(C(CCC)CCC)N(C)C(C)(C)C. The summed E-state index contributed by atoms with van der Waals surface area (Å²) in [4.78, 5) is 2.34. The fraction of sp³-hybridized carbons (Fsp3) is 0.857. The lowest BCUT2D eigenvalue weighted by molar-refractivity contribution is 0.197. The van der Waals surface area contributed by atoms with Gasteiger partial charge in [-0.1, -0.05) is 33.3 Å². The van der Waals surface area contributed by atoms with Crippen molar-refractivity contribution in [2.75, 3.05) is 7.05 Å². The van der Waals surface area contributed by atoms with Gasteiger partial charge in [0.15, 0.2) is 0 Å². The maximum absolute atomic E-state index is 4.28. The van der Waals surface area contributed by atoms with E-state index in [1.165, 1.54) is 31.4 Å². The second kappa shape index (κ2) is 6.19. The zero-order valence-corrected chi connectivity index (χ0v) is 11.6. The van der Waals surface area contributed by atoms with Gasteiger partial charge in [0, 0.05) is 18.3 Å². The van der Waals surface area contributed by atoms with E-state index in [2.05, 4.69) is 53.1 Å². The normalized spacial score (nSPS) is 11.9. The highest BCUT2D eigenvalue weighted by molar-refractivity contribution is 5.02. The van der Waals surface area contributed by atoms with Gasteiger partial charge in [0.1, 0.15) is 0 Å². The molecule has 0 radical (unpaired) electrons. The molecule has 0 bridgehead atoms. The lowest BCUT2D eigenvalue weighted by atomic mass is 9.92. The van der Waals surface area contributed by atoms with Crippen LogP contribution in [-0.4, -0.2) is 17.5 Å². The van der Waals surface area contributed by atoms with Crippen LogP contribution in [0.25, 0.3) is 0 Å². The summed E-state index contributed by atoms with van der Waals surface area (Å²) in [7, 11) is 2.17. The molecule has 0 rings (SSSR count). The maximum Gasteiger partial charge on any atom is 0.0311 e. The average Bonchev–Trinajstić information content (AvgIpc) is 2.14. The Morgan fingerprint density at radius 3 is 1.80 bits per heavy atom. The highest BCUT2D eigenvalue weighted by atomic mass is 15.2. The predicted molar refractivity (Wildman–Crippen MR) is 70.0 cm³/mol. The quantitative estimate of drug-likeness (QED) is 0.627. The van der Waals surface area contributed by atoms with E-state index in [1.54, 1.807) is 0 Å². The molecular formula is C14H29N. The number of hydrogen-bond donors (Lipinski definition) is 0. The Labute approximate surface area is 96.6 Å². The van der Waals surface area contributed by atoms with E-state index in [0.29, 0.717) is 5.92 Å². The molecule has 0 atom stereocenters. The molecule has 0 aliphatic carbocycles. The molecule has 0 aromatic carbocycles. The molecule has 0 saturated heterocycles. The van der Waals surface area contributed by atoms with Crippen molar-refractivity contribution < 1.29 is 0 Å². The highest BCUT2D eigenvalue weighted by Crippen LogP contribution is 2.27. The van der Waals surface area contributed by atoms with Crippen LogP contribution in [0.3, 0.4) is 0 Å². The van der Waals surface area contributed by atoms with E-state index in [1.807, 2.05) is 0 Å². The number of nitrogens with zero attached hydrogens (tertiary/aromatic N) is 1. The Morgan fingerprint density at radius 1 is 1.13 bits per heavy atom. The van der Waals surface area contributed by atoms with E-state index in [0.717, 1.165) is 0 Å². The van der Waals surface area contributed by atoms with E-state index < -0.39 is 0 Å². The summed E-state index contributed by atoms with van der Waals surface area (Å²) >= 11 is 0. The van der Waals surface area contributed by atoms with Crippen LogP contribution in [0.4, 0.5) is 0 Å². The molecule has 0 fully saturated rings. The van der Waals surface area contributed by atoms with Crippen LogP contribution in [0, 0.1) is 5.92 Å². The first-order chi connectivity index (χ1) is 6.84. The molecule has 0 saturated carbocycles. The van der Waals surface area contributed by atoms with Gasteiger partial charge in [-0.3, -0.25) is 0 Å². The van der Waals surface area contributed by atoms with Gasteiger partial charge in [0.05, 0.1) is 0 Å². The molecule has 1 nitrogen and oxygen atoms in total. The molecule has 15 heavy (non-hydrogen) atoms. The Balaban J connectivity index is 4.48. The Morgan fingerprint density at radius 2 is 1.53 bits per heavy atom. The summed E-state index contributed by atoms with van der Waals surface area (Å²) in [6.45, 7) is 15.5. The smallest absolute Gasteiger partial charge is 0.0311 e. The van der Waals surface area contributed by atoms with Gasteiger partial charge in [-0.15, -0.1) is 0 Å². The minimum absolute atomic E-state index is 0.191. The van der Waals surface area contributed by atoms with Crippen LogP contribution in [-0.2, 0) is 0 Å². The molecule has 0 N–H and O–H groups in total. The summed E-state index contributed by atoms with van der Waals surface area (Å²) in [5, 5.41) is 0. The summed E-state index contributed by atoms with van der Waals surface area (Å²) in [6, 6.07) is 0. The Kier molecular flexibility index (Phi) is 6.00. The van der Waals surface area contributed by atoms with Crippen LogP contribution < -0.4 is 0 Å². The Bertz CT molecular complexity index is 182. The van der Waals surface area contributed by atoms with Crippen molar-refractivity contribution in [1.82, 2.24) is 4.90 Å². The van der Waals surface area contributed by atoms with Gasteiger partial charge in [-0.25, -0.2) is 0 Å². The molecule has 0 aromatic heterocycles. The predicted octanol–water partition coefficient (Wildman–Crippen LogP) is 4.45. The Hall–Kier alpha value is -0.460. The zero-order chi connectivity index (χ0) is 12.1. The minimum atomic E-state index is 0.191. The van der Waals surface area contributed by atoms with Gasteiger partial charge in [0.2, 0.25) is 0 Å². The van der Waals surface area contributed by atoms with Crippen LogP contribution >= 0.6 is 0 Å². The molecule has 0 unspecified atom stereocenters. The van der Waals surface area contributed by atoms with Gasteiger partial charge in [0.25, 0.3) is 0 Å². The third-order valence-corrected chi connectivity index (χ3v) is 3.18. The first-order valence-electron chi connectivity index (χ1n) is 6.27. The molecule has 0 spiro atoms. The van der Waals surface area contributed by atoms with Gasteiger partial charge in [-0.05, 0) is 39.5 Å². The standard InChI is InChI=1S/C14H29N/c1-8-10-13(11-9-2)12(3)15(7)14(4,5)6/h13H,3,8-11H2,1-2,4-7H3. The van der Waals surface area contributed by atoms with Crippen molar-refractivity contribution in [1.29, 1.82) is 0 Å². The molecule has 0 aliphatic rings. The topological polar surface area (TPSA) is 3.24 Å². The lowest BCUT2D eigenvalue weighted by Crippen LogP contribution is -2.39. The van der Waals surface area contributed by atoms with Gasteiger partial charge < -0.3 is 4.90 Å². The van der Waals surface area contributed by atoms with E-state index >= 15 is 0 Å². The first-order valence-corrected chi connectivity index (χ1v) is 6.27. The molecule has 0 aromatic rings. The maximum atomic E-state index is 4.28. The van der Waals surface area contributed by atoms with Crippen LogP contribution in [0.5, 0.6) is 0 Å². The molecule has 1 heteroatoms. The van der Waals surface area contributed by atoms with Crippen molar-refractivity contribution in [3.8, 4) is 0 Å². The zero-order valence-electron chi connectivity index (χ0n) is 11.6. The van der Waals surface area contributed by atoms with Crippen LogP contribution in [0.2, 0.25) is 0 Å². The molecule has 0 heterocycles. The van der Waals surface area contributed by atoms with E-state index in [-0.39, 0.29) is 5.54 Å². The van der Waals surface area contributed by atoms with Crippen molar-refractivity contribution in [3.05, 3.63) is 12.3 Å². The third-order valence-electron chi connectivity index (χ3n) is 3.18. The number of hydrogen-bond acceptors (Lipinski definition) is 1. The second-order valence-electron chi connectivity index (χ2n) is 5.50. The summed E-state index contributed by atoms with van der Waals surface area (Å²) in [5.41, 5.74) is 1.50. The lowest BCUT2D eigenvalue weighted by Gasteiger charge is -2.38. The average molecular weight is 211 g/mol. The molecule has 0 amide bonds. The number of rotatable bonds is 6. The summed E-state index contributed by atoms with van der Waals surface area (Å²) < 4.78 is 0. The van der Waals surface area contributed by atoms with Crippen molar-refractivity contribution in [2.24, 2.45) is 5.92 Å². The van der Waals surface area contributed by atoms with Crippen molar-refractivity contribution in [3.63, 3.8) is 0 Å². The van der Waals surface area contributed by atoms with Gasteiger partial charge in [-0.2, -0.15) is 0 Å². The van der Waals surface area contributed by atoms with Crippen molar-refractivity contribution >= 4 is 0 Å². The summed E-state index contributed by atoms with van der Waals surface area (Å²) in [6.07, 6.45) is 5.05. The van der Waals surface area contributed by atoms with Crippen LogP contribution in [0.15, 0.2) is 12.3 Å². The third kappa shape index (κ3) is 4.72. The minimum Gasteiger partial charge on any atom is -0.373 e. The second-order valence-corrected chi connectivity index (χ2v) is 5.50. The van der Waals surface area contributed by atoms with E-state index in [9.17, 15) is 0 Å². The van der Waals surface area contributed by atoms with Crippen LogP contribution in [0.1, 0.15) is 60.3 Å². The fourth-order valence-electron chi connectivity index (χ4n) is 1.88. The fourth-order valence-corrected chi connectivity index (χ4v) is 1.88. The summed E-state index contributed by atoms with van der Waals surface area (Å²) in [5.74, 6) is 0.671. The first kappa shape index (κ1) is 14.5. The monoisotopic (exact) mass is 211 g/mol. The van der Waals surface area contributed by atoms with Crippen molar-refractivity contribution in [2.45, 2.75) is 65.8 Å². The number of allylic oxidation sites excluding steroid dienone is 1. The molecule has 0 aliphatic heterocycles. The highest BCUT2D eigenvalue weighted by Gasteiger charge is 2.22. The largest absolute Gasteiger partial charge is 0.373 e.